The second-order valence-electron chi connectivity index (χ2n) is 5.15. The minimum absolute atomic E-state index is 0.603. The zero-order chi connectivity index (χ0) is 15.3. The lowest BCUT2D eigenvalue weighted by molar-refractivity contribution is -0.143. The number of ether oxygens (including phenoxy) is 2. The molecule has 0 aliphatic carbocycles. The molecular formula is C13H19NO5S. The van der Waals surface area contributed by atoms with Gasteiger partial charge in [-0.3, -0.25) is 0 Å². The first kappa shape index (κ1) is 16.4. The molecule has 1 heterocycles. The lowest BCUT2D eigenvalue weighted by Gasteiger charge is -2.24. The highest BCUT2D eigenvalue weighted by atomic mass is 32.1. The molecule has 0 fully saturated rings. The third-order valence-electron chi connectivity index (χ3n) is 2.33. The van der Waals surface area contributed by atoms with Gasteiger partial charge in [-0.1, -0.05) is 0 Å². The summed E-state index contributed by atoms with van der Waals surface area (Å²) in [5, 5.41) is 1.86. The highest BCUT2D eigenvalue weighted by molar-refractivity contribution is 7.80. The molecule has 0 aliphatic heterocycles. The summed E-state index contributed by atoms with van der Waals surface area (Å²) in [5.41, 5.74) is -0.00764. The van der Waals surface area contributed by atoms with E-state index in [4.69, 9.17) is 9.15 Å². The zero-order valence-electron chi connectivity index (χ0n) is 11.9. The molecule has 20 heavy (non-hydrogen) atoms. The quantitative estimate of drug-likeness (QED) is 0.659. The molecule has 112 valence electrons. The van der Waals surface area contributed by atoms with Crippen molar-refractivity contribution in [3.63, 3.8) is 0 Å². The minimum Gasteiger partial charge on any atom is -0.472 e. The minimum atomic E-state index is -0.976. The lowest BCUT2D eigenvalue weighted by atomic mass is 10.1. The van der Waals surface area contributed by atoms with Gasteiger partial charge in [0.15, 0.2) is 0 Å². The number of hydrogen-bond donors (Lipinski definition) is 2. The molecule has 0 saturated carbocycles. The van der Waals surface area contributed by atoms with Crippen molar-refractivity contribution >= 4 is 24.7 Å². The van der Waals surface area contributed by atoms with Crippen LogP contribution < -0.4 is 5.32 Å². The van der Waals surface area contributed by atoms with Crippen LogP contribution in [0.25, 0.3) is 0 Å². The van der Waals surface area contributed by atoms with Crippen LogP contribution in [0, 0.1) is 0 Å². The van der Waals surface area contributed by atoms with Crippen LogP contribution >= 0.6 is 12.6 Å². The van der Waals surface area contributed by atoms with Crippen molar-refractivity contribution in [3.05, 3.63) is 24.2 Å². The number of methoxy groups -OCH3 is 1. The first-order valence-corrected chi connectivity index (χ1v) is 6.53. The van der Waals surface area contributed by atoms with Gasteiger partial charge in [0.1, 0.15) is 11.6 Å². The number of esters is 1. The smallest absolute Gasteiger partial charge is 0.408 e. The van der Waals surface area contributed by atoms with Crippen molar-refractivity contribution in [1.29, 1.82) is 0 Å². The van der Waals surface area contributed by atoms with E-state index in [1.165, 1.54) is 19.6 Å². The Morgan fingerprint density at radius 1 is 1.40 bits per heavy atom. The molecule has 1 rings (SSSR count). The molecule has 2 unspecified atom stereocenters. The van der Waals surface area contributed by atoms with Crippen LogP contribution in [0.5, 0.6) is 0 Å². The normalized spacial score (nSPS) is 14.2. The Hall–Kier alpha value is -1.63. The molecule has 0 bridgehead atoms. The van der Waals surface area contributed by atoms with Gasteiger partial charge < -0.3 is 19.2 Å². The van der Waals surface area contributed by atoms with Gasteiger partial charge in [0.05, 0.1) is 24.9 Å². The summed E-state index contributed by atoms with van der Waals surface area (Å²) in [6, 6.07) is 0.681. The van der Waals surface area contributed by atoms with E-state index in [1.807, 2.05) is 0 Å². The molecule has 0 aromatic carbocycles. The number of rotatable bonds is 4. The Bertz CT molecular complexity index is 452. The highest BCUT2D eigenvalue weighted by Crippen LogP contribution is 2.25. The van der Waals surface area contributed by atoms with Crippen LogP contribution in [0.4, 0.5) is 4.79 Å². The highest BCUT2D eigenvalue weighted by Gasteiger charge is 2.31. The van der Waals surface area contributed by atoms with E-state index in [9.17, 15) is 9.59 Å². The fraction of sp³-hybridized carbons (Fsp3) is 0.538. The summed E-state index contributed by atoms with van der Waals surface area (Å²) in [6.07, 6.45) is 2.19. The molecule has 0 saturated heterocycles. The number of nitrogens with one attached hydrogen (secondary N) is 1. The van der Waals surface area contributed by atoms with Crippen molar-refractivity contribution in [2.24, 2.45) is 0 Å². The Kier molecular flexibility index (Phi) is 5.50. The molecule has 7 heteroatoms. The molecule has 1 aromatic rings. The first-order chi connectivity index (χ1) is 9.24. The van der Waals surface area contributed by atoms with E-state index in [1.54, 1.807) is 26.8 Å². The maximum Gasteiger partial charge on any atom is 0.408 e. The Morgan fingerprint density at radius 3 is 2.50 bits per heavy atom. The van der Waals surface area contributed by atoms with Crippen LogP contribution in [0.2, 0.25) is 0 Å². The number of furan rings is 1. The molecule has 0 spiro atoms. The molecule has 0 radical (unpaired) electrons. The van der Waals surface area contributed by atoms with Gasteiger partial charge >= 0.3 is 12.1 Å². The van der Waals surface area contributed by atoms with E-state index in [0.29, 0.717) is 5.56 Å². The third kappa shape index (κ3) is 4.80. The van der Waals surface area contributed by atoms with Gasteiger partial charge in [-0.05, 0) is 26.8 Å². The van der Waals surface area contributed by atoms with Gasteiger partial charge in [0.2, 0.25) is 0 Å². The van der Waals surface area contributed by atoms with E-state index >= 15 is 0 Å². The summed E-state index contributed by atoms with van der Waals surface area (Å²) < 4.78 is 14.7. The predicted molar refractivity (Wildman–Crippen MR) is 75.6 cm³/mol. The lowest BCUT2D eigenvalue weighted by Crippen LogP contribution is -2.46. The van der Waals surface area contributed by atoms with Gasteiger partial charge in [-0.25, -0.2) is 9.59 Å². The van der Waals surface area contributed by atoms with Crippen molar-refractivity contribution in [2.45, 2.75) is 37.7 Å². The summed E-state index contributed by atoms with van der Waals surface area (Å²) in [6.45, 7) is 5.19. The second kappa shape index (κ2) is 6.69. The predicted octanol–water partition coefficient (Wildman–Crippen LogP) is 2.32. The van der Waals surface area contributed by atoms with Crippen molar-refractivity contribution in [1.82, 2.24) is 5.32 Å². The molecule has 2 atom stereocenters. The number of hydrogen-bond acceptors (Lipinski definition) is 6. The second-order valence-corrected chi connectivity index (χ2v) is 5.70. The van der Waals surface area contributed by atoms with E-state index in [-0.39, 0.29) is 0 Å². The SMILES string of the molecule is COC(=O)C(NC(=O)OC(C)(C)C)C(S)c1ccoc1. The van der Waals surface area contributed by atoms with Crippen LogP contribution in [0.3, 0.4) is 0 Å². The van der Waals surface area contributed by atoms with Gasteiger partial charge in [0.25, 0.3) is 0 Å². The van der Waals surface area contributed by atoms with Gasteiger partial charge in [-0.2, -0.15) is 12.6 Å². The fourth-order valence-corrected chi connectivity index (χ4v) is 1.81. The maximum absolute atomic E-state index is 11.8. The van der Waals surface area contributed by atoms with Crippen molar-refractivity contribution in [2.75, 3.05) is 7.11 Å². The zero-order valence-corrected chi connectivity index (χ0v) is 12.8. The molecule has 1 aromatic heterocycles. The summed E-state index contributed by atoms with van der Waals surface area (Å²) in [4.78, 5) is 23.5. The first-order valence-electron chi connectivity index (χ1n) is 6.02. The molecule has 6 nitrogen and oxygen atoms in total. The summed E-state index contributed by atoms with van der Waals surface area (Å²) in [7, 11) is 1.24. The average molecular weight is 301 g/mol. The fourth-order valence-electron chi connectivity index (χ4n) is 1.46. The van der Waals surface area contributed by atoms with Crippen LogP contribution in [0.1, 0.15) is 31.6 Å². The number of carbonyl (C=O) groups excluding carboxylic acids is 2. The Labute approximate surface area is 123 Å². The van der Waals surface area contributed by atoms with Crippen LogP contribution in [0.15, 0.2) is 23.0 Å². The standard InChI is InChI=1S/C13H19NO5S/c1-13(2,3)19-12(16)14-9(11(15)17-4)10(20)8-5-6-18-7-8/h5-7,9-10,20H,1-4H3,(H,14,16). The molecular weight excluding hydrogens is 282 g/mol. The summed E-state index contributed by atoms with van der Waals surface area (Å²) >= 11 is 4.33. The number of amides is 1. The van der Waals surface area contributed by atoms with Crippen molar-refractivity contribution < 1.29 is 23.5 Å². The van der Waals surface area contributed by atoms with Crippen LogP contribution in [-0.4, -0.2) is 30.8 Å². The number of thiol groups is 1. The van der Waals surface area contributed by atoms with Crippen molar-refractivity contribution in [3.8, 4) is 0 Å². The Morgan fingerprint density at radius 2 is 2.05 bits per heavy atom. The molecule has 1 amide bonds. The number of carbonyl (C=O) groups is 2. The summed E-state index contributed by atoms with van der Waals surface area (Å²) in [5.74, 6) is -0.614. The maximum atomic E-state index is 11.8. The average Bonchev–Trinajstić information content (AvgIpc) is 2.85. The number of alkyl carbamates (subject to hydrolysis) is 1. The van der Waals surface area contributed by atoms with E-state index in [0.717, 1.165) is 0 Å². The topological polar surface area (TPSA) is 77.8 Å². The van der Waals surface area contributed by atoms with Gasteiger partial charge in [0, 0.05) is 5.56 Å². The largest absolute Gasteiger partial charge is 0.472 e. The third-order valence-corrected chi connectivity index (χ3v) is 2.92. The monoisotopic (exact) mass is 301 g/mol. The van der Waals surface area contributed by atoms with Crippen LogP contribution in [-0.2, 0) is 14.3 Å². The molecule has 0 aliphatic rings. The molecule has 1 N–H and O–H groups in total. The van der Waals surface area contributed by atoms with E-state index < -0.39 is 29.0 Å². The Balaban J connectivity index is 2.80. The van der Waals surface area contributed by atoms with E-state index in [2.05, 4.69) is 22.7 Å². The van der Waals surface area contributed by atoms with Gasteiger partial charge in [-0.15, -0.1) is 0 Å².